The highest BCUT2D eigenvalue weighted by Gasteiger charge is 2.22. The Balaban J connectivity index is 1.12. The van der Waals surface area contributed by atoms with Crippen LogP contribution in [0, 0.1) is 0 Å². The largest absolute Gasteiger partial charge is 0.308 e. The average Bonchev–Trinajstić information content (AvgIpc) is 3.64. The Hall–Kier alpha value is -6.74. The summed E-state index contributed by atoms with van der Waals surface area (Å²) in [5.41, 5.74) is 13.0. The highest BCUT2D eigenvalue weighted by molar-refractivity contribution is 7.26. The van der Waals surface area contributed by atoms with Gasteiger partial charge in [-0.2, -0.15) is 0 Å². The first kappa shape index (κ1) is 32.0. The van der Waals surface area contributed by atoms with Gasteiger partial charge < -0.3 is 4.90 Å². The Labute approximate surface area is 319 Å². The molecule has 1 aromatic heterocycles. The lowest BCUT2D eigenvalue weighted by Crippen LogP contribution is -2.11. The molecule has 0 aliphatic rings. The van der Waals surface area contributed by atoms with E-state index in [1.807, 2.05) is 11.3 Å². The van der Waals surface area contributed by atoms with E-state index in [0.29, 0.717) is 0 Å². The van der Waals surface area contributed by atoms with Gasteiger partial charge in [0.15, 0.2) is 0 Å². The highest BCUT2D eigenvalue weighted by atomic mass is 32.1. The number of hydrogen-bond donors (Lipinski definition) is 0. The van der Waals surface area contributed by atoms with Gasteiger partial charge in [-0.25, -0.2) is 0 Å². The normalized spacial score (nSPS) is 11.3. The fourth-order valence-electron chi connectivity index (χ4n) is 7.85. The van der Waals surface area contributed by atoms with Crippen molar-refractivity contribution in [2.45, 2.75) is 0 Å². The zero-order chi connectivity index (χ0) is 35.8. The third kappa shape index (κ3) is 5.74. The molecule has 0 saturated carbocycles. The minimum atomic E-state index is 1.11. The number of thiophene rings is 1. The van der Waals surface area contributed by atoms with Crippen LogP contribution in [0.1, 0.15) is 0 Å². The van der Waals surface area contributed by atoms with Crippen molar-refractivity contribution in [1.82, 2.24) is 0 Å². The summed E-state index contributed by atoms with van der Waals surface area (Å²) in [6, 6.07) is 77.1. The molecule has 2 heteroatoms. The van der Waals surface area contributed by atoms with Crippen LogP contribution in [0.4, 0.5) is 17.1 Å². The molecule has 254 valence electrons. The third-order valence-corrected chi connectivity index (χ3v) is 11.7. The van der Waals surface area contributed by atoms with Gasteiger partial charge in [0.05, 0.1) is 16.1 Å². The number of fused-ring (bicyclic) bond motifs is 4. The van der Waals surface area contributed by atoms with E-state index in [-0.39, 0.29) is 0 Å². The number of nitrogens with zero attached hydrogens (tertiary/aromatic N) is 1. The molecule has 1 nitrogen and oxygen atoms in total. The van der Waals surface area contributed by atoms with Crippen LogP contribution in [0.3, 0.4) is 0 Å². The van der Waals surface area contributed by atoms with Gasteiger partial charge in [-0.1, -0.05) is 170 Å². The summed E-state index contributed by atoms with van der Waals surface area (Å²) in [6.45, 7) is 0. The summed E-state index contributed by atoms with van der Waals surface area (Å²) < 4.78 is 2.57. The van der Waals surface area contributed by atoms with E-state index in [1.54, 1.807) is 0 Å². The fraction of sp³-hybridized carbons (Fsp3) is 0. The number of rotatable bonds is 7. The highest BCUT2D eigenvalue weighted by Crippen LogP contribution is 2.48. The maximum absolute atomic E-state index is 2.46. The molecule has 0 fully saturated rings. The van der Waals surface area contributed by atoms with Gasteiger partial charge in [-0.15, -0.1) is 11.3 Å². The van der Waals surface area contributed by atoms with E-state index in [2.05, 4.69) is 217 Å². The van der Waals surface area contributed by atoms with E-state index in [4.69, 9.17) is 0 Å². The lowest BCUT2D eigenvalue weighted by Gasteiger charge is -2.29. The van der Waals surface area contributed by atoms with Crippen molar-refractivity contribution in [3.63, 3.8) is 0 Å². The Bertz CT molecular complexity index is 2940. The monoisotopic (exact) mass is 705 g/mol. The Morgan fingerprint density at radius 1 is 0.315 bits per heavy atom. The van der Waals surface area contributed by atoms with E-state index in [9.17, 15) is 0 Å². The maximum Gasteiger partial charge on any atom is 0.0640 e. The SMILES string of the molecule is c1ccc(-c2ccccc2-c2ccccc2N(c2ccc(-c3cccc(-c4ccc5ccccc5c4)c3)cc2)c2cccc3c2sc2ccccc23)cc1. The summed E-state index contributed by atoms with van der Waals surface area (Å²) >= 11 is 1.87. The summed E-state index contributed by atoms with van der Waals surface area (Å²) in [5, 5.41) is 5.09. The third-order valence-electron chi connectivity index (χ3n) is 10.5. The van der Waals surface area contributed by atoms with Crippen LogP contribution in [0.15, 0.2) is 212 Å². The summed E-state index contributed by atoms with van der Waals surface area (Å²) in [4.78, 5) is 2.46. The molecule has 0 spiro atoms. The topological polar surface area (TPSA) is 3.24 Å². The molecule has 0 bridgehead atoms. The molecule has 0 atom stereocenters. The summed E-state index contributed by atoms with van der Waals surface area (Å²) in [5.74, 6) is 0. The summed E-state index contributed by atoms with van der Waals surface area (Å²) in [6.07, 6.45) is 0. The minimum absolute atomic E-state index is 1.11. The van der Waals surface area contributed by atoms with E-state index in [1.165, 1.54) is 81.1 Å². The molecule has 10 aromatic rings. The molecule has 10 rings (SSSR count). The van der Waals surface area contributed by atoms with Gasteiger partial charge >= 0.3 is 0 Å². The predicted molar refractivity (Wildman–Crippen MR) is 233 cm³/mol. The minimum Gasteiger partial charge on any atom is -0.308 e. The van der Waals surface area contributed by atoms with E-state index >= 15 is 0 Å². The van der Waals surface area contributed by atoms with Gasteiger partial charge in [0.1, 0.15) is 0 Å². The van der Waals surface area contributed by atoms with Crippen LogP contribution >= 0.6 is 11.3 Å². The predicted octanol–water partition coefficient (Wildman–Crippen LogP) is 15.3. The van der Waals surface area contributed by atoms with Crippen LogP contribution < -0.4 is 4.90 Å². The lowest BCUT2D eigenvalue weighted by molar-refractivity contribution is 1.30. The van der Waals surface area contributed by atoms with Crippen LogP contribution in [-0.2, 0) is 0 Å². The van der Waals surface area contributed by atoms with Crippen LogP contribution in [0.5, 0.6) is 0 Å². The molecule has 0 aliphatic heterocycles. The molecule has 0 radical (unpaired) electrons. The van der Waals surface area contributed by atoms with Gasteiger partial charge in [-0.05, 0) is 92.2 Å². The van der Waals surface area contributed by atoms with Crippen molar-refractivity contribution in [2.75, 3.05) is 4.90 Å². The second-order valence-corrected chi connectivity index (χ2v) is 14.8. The van der Waals surface area contributed by atoms with Gasteiger partial charge in [-0.3, -0.25) is 0 Å². The second kappa shape index (κ2) is 13.7. The molecule has 0 aliphatic carbocycles. The van der Waals surface area contributed by atoms with Crippen LogP contribution in [-0.4, -0.2) is 0 Å². The zero-order valence-electron chi connectivity index (χ0n) is 29.6. The van der Waals surface area contributed by atoms with Crippen LogP contribution in [0.25, 0.3) is 75.5 Å². The second-order valence-electron chi connectivity index (χ2n) is 13.7. The van der Waals surface area contributed by atoms with Crippen molar-refractivity contribution in [1.29, 1.82) is 0 Å². The van der Waals surface area contributed by atoms with Gasteiger partial charge in [0.2, 0.25) is 0 Å². The van der Waals surface area contributed by atoms with Crippen molar-refractivity contribution in [2.24, 2.45) is 0 Å². The molecule has 54 heavy (non-hydrogen) atoms. The van der Waals surface area contributed by atoms with Crippen molar-refractivity contribution >= 4 is 59.3 Å². The summed E-state index contributed by atoms with van der Waals surface area (Å²) in [7, 11) is 0. The Morgan fingerprint density at radius 2 is 0.889 bits per heavy atom. The van der Waals surface area contributed by atoms with E-state index in [0.717, 1.165) is 11.4 Å². The standard InChI is InChI=1S/C52H35NS/c1-2-15-38(16-3-1)44-20-6-7-21-45(44)46-22-8-10-25-49(46)53(50-26-13-24-48-47-23-9-11-27-51(47)54-52(48)50)43-32-30-37(31-33-43)40-18-12-19-41(34-40)42-29-28-36-14-4-5-17-39(36)35-42/h1-35H. The number of benzene rings is 9. The van der Waals surface area contributed by atoms with Gasteiger partial charge in [0, 0.05) is 26.7 Å². The van der Waals surface area contributed by atoms with Crippen molar-refractivity contribution < 1.29 is 0 Å². The number of para-hydroxylation sites is 1. The molecular weight excluding hydrogens is 671 g/mol. The molecule has 0 saturated heterocycles. The molecule has 0 N–H and O–H groups in total. The smallest absolute Gasteiger partial charge is 0.0640 e. The number of anilines is 3. The van der Waals surface area contributed by atoms with Crippen molar-refractivity contribution in [3.05, 3.63) is 212 Å². The number of hydrogen-bond acceptors (Lipinski definition) is 2. The maximum atomic E-state index is 2.46. The zero-order valence-corrected chi connectivity index (χ0v) is 30.4. The fourth-order valence-corrected chi connectivity index (χ4v) is 9.06. The molecule has 1 heterocycles. The molecular formula is C52H35NS. The first-order valence-electron chi connectivity index (χ1n) is 18.4. The quantitative estimate of drug-likeness (QED) is 0.160. The Morgan fingerprint density at radius 3 is 1.74 bits per heavy atom. The van der Waals surface area contributed by atoms with Crippen molar-refractivity contribution in [3.8, 4) is 44.5 Å². The average molecular weight is 706 g/mol. The van der Waals surface area contributed by atoms with E-state index < -0.39 is 0 Å². The lowest BCUT2D eigenvalue weighted by atomic mass is 9.93. The van der Waals surface area contributed by atoms with Crippen LogP contribution in [0.2, 0.25) is 0 Å². The van der Waals surface area contributed by atoms with Gasteiger partial charge in [0.25, 0.3) is 0 Å². The molecule has 9 aromatic carbocycles. The first-order chi connectivity index (χ1) is 26.8. The molecule has 0 unspecified atom stereocenters. The molecule has 0 amide bonds. The Kier molecular flexibility index (Phi) is 8.09. The first-order valence-corrected chi connectivity index (χ1v) is 19.2.